The number of aliphatic hydroxyl groups is 1. The Labute approximate surface area is 300 Å². The van der Waals surface area contributed by atoms with Crippen molar-refractivity contribution in [1.82, 2.24) is 4.98 Å². The van der Waals surface area contributed by atoms with Crippen molar-refractivity contribution >= 4 is 21.7 Å². The fourth-order valence-corrected chi connectivity index (χ4v) is 6.35. The third-order valence-electron chi connectivity index (χ3n) is 7.38. The van der Waals surface area contributed by atoms with Gasteiger partial charge < -0.3 is 9.84 Å². The topological polar surface area (TPSA) is 106 Å². The molecular weight excluding hydrogens is 615 g/mol. The van der Waals surface area contributed by atoms with E-state index in [4.69, 9.17) is 4.74 Å². The van der Waals surface area contributed by atoms with Crippen molar-refractivity contribution in [2.45, 2.75) is 75.1 Å². The summed E-state index contributed by atoms with van der Waals surface area (Å²) in [5, 5.41) is 10.6. The summed E-state index contributed by atoms with van der Waals surface area (Å²) < 4.78 is 72.6. The maximum atomic E-state index is 13.4. The number of esters is 1. The van der Waals surface area contributed by atoms with Gasteiger partial charge in [-0.25, -0.2) is 9.78 Å². The predicted octanol–water partition coefficient (Wildman–Crippen LogP) is 1.33. The molecule has 0 radical (unpaired) electrons. The summed E-state index contributed by atoms with van der Waals surface area (Å²) in [6, 6.07) is 17.6. The number of rotatable bonds is 11. The van der Waals surface area contributed by atoms with Crippen molar-refractivity contribution in [3.63, 3.8) is 0 Å². The van der Waals surface area contributed by atoms with Crippen LogP contribution in [0, 0.1) is 0 Å². The van der Waals surface area contributed by atoms with E-state index in [2.05, 4.69) is 9.71 Å². The van der Waals surface area contributed by atoms with E-state index in [9.17, 15) is 31.5 Å². The number of aromatic nitrogens is 1. The molecule has 0 fully saturated rings. The molecule has 1 aliphatic heterocycles. The first-order valence-corrected chi connectivity index (χ1v) is 15.2. The van der Waals surface area contributed by atoms with Crippen molar-refractivity contribution < 1.29 is 95.3 Å². The van der Waals surface area contributed by atoms with Gasteiger partial charge in [-0.2, -0.15) is 21.6 Å². The number of sulfonamides is 1. The smallest absolute Gasteiger partial charge is 0.512 e. The van der Waals surface area contributed by atoms with E-state index in [-0.39, 0.29) is 82.6 Å². The number of aryl methyl sites for hydroxylation is 1. The molecule has 13 heteroatoms. The molecule has 2 heterocycles. The van der Waals surface area contributed by atoms with Gasteiger partial charge in [0.2, 0.25) is 0 Å². The van der Waals surface area contributed by atoms with Crippen LogP contribution in [0.25, 0.3) is 0 Å². The first-order valence-electron chi connectivity index (χ1n) is 13.7. The zero-order valence-electron chi connectivity index (χ0n) is 25.3. The standard InChI is InChI=1S/C31H33F3N2O5S.2Na/c1-3-16-30(17-15-21-9-6-5-7-10-21)19-26(37)28(29(38)41-30)25(4-2)22-11-8-12-24(18-22)36-42(39,40)27-14-13-23(20-35-27)31(32,33)34;;/h5-14,18,20,25,36-37H,3-4,15-17,19H2,1-2H3;;/q;2*+1/t25-,30-;;/m1../s1. The largest absolute Gasteiger partial charge is 1.00 e. The van der Waals surface area contributed by atoms with Gasteiger partial charge in [-0.1, -0.05) is 62.7 Å². The Morgan fingerprint density at radius 3 is 2.30 bits per heavy atom. The molecule has 224 valence electrons. The normalized spacial score (nSPS) is 17.6. The number of alkyl halides is 3. The van der Waals surface area contributed by atoms with E-state index in [1.54, 1.807) is 12.1 Å². The van der Waals surface area contributed by atoms with Crippen molar-refractivity contribution in [1.29, 1.82) is 0 Å². The summed E-state index contributed by atoms with van der Waals surface area (Å²) in [7, 11) is -4.30. The number of carbonyl (C=O) groups is 1. The first kappa shape index (κ1) is 38.3. The minimum Gasteiger partial charge on any atom is -0.512 e. The third kappa shape index (κ3) is 9.34. The summed E-state index contributed by atoms with van der Waals surface area (Å²) in [5.74, 6) is -1.23. The summed E-state index contributed by atoms with van der Waals surface area (Å²) in [6.45, 7) is 3.83. The number of nitrogens with one attached hydrogen (secondary N) is 1. The second kappa shape index (κ2) is 16.1. The SMILES string of the molecule is CCC[C@@]1(CCc2ccccc2)CC(O)=C([C@H](CC)c2cccc(NS(=O)(=O)c3ccc(C(F)(F)F)cn3)c2)C(=O)O1.[Na+].[Na+]. The van der Waals surface area contributed by atoms with Gasteiger partial charge in [0.05, 0.1) is 11.1 Å². The van der Waals surface area contributed by atoms with E-state index in [0.29, 0.717) is 43.5 Å². The van der Waals surface area contributed by atoms with Gasteiger partial charge in [0.25, 0.3) is 10.0 Å². The molecule has 4 rings (SSSR count). The molecule has 0 spiro atoms. The first-order chi connectivity index (χ1) is 19.9. The number of hydrogen-bond acceptors (Lipinski definition) is 6. The monoisotopic (exact) mass is 648 g/mol. The number of cyclic esters (lactones) is 1. The minimum atomic E-state index is -4.65. The number of ether oxygens (including phenoxy) is 1. The van der Waals surface area contributed by atoms with E-state index >= 15 is 0 Å². The zero-order valence-corrected chi connectivity index (χ0v) is 30.1. The van der Waals surface area contributed by atoms with Gasteiger partial charge in [0.1, 0.15) is 11.4 Å². The van der Waals surface area contributed by atoms with Crippen LogP contribution in [0.4, 0.5) is 18.9 Å². The molecule has 1 aliphatic rings. The fourth-order valence-electron chi connectivity index (χ4n) is 5.37. The summed E-state index contributed by atoms with van der Waals surface area (Å²) >= 11 is 0. The average molecular weight is 649 g/mol. The van der Waals surface area contributed by atoms with Gasteiger partial charge >= 0.3 is 71.3 Å². The quantitative estimate of drug-likeness (QED) is 0.240. The van der Waals surface area contributed by atoms with E-state index in [0.717, 1.165) is 18.1 Å². The maximum Gasteiger partial charge on any atom is 1.00 e. The molecule has 0 bridgehead atoms. The molecule has 0 saturated heterocycles. The molecule has 2 aromatic carbocycles. The molecule has 2 atom stereocenters. The van der Waals surface area contributed by atoms with Crippen LogP contribution in [-0.4, -0.2) is 30.1 Å². The van der Waals surface area contributed by atoms with Crippen molar-refractivity contribution in [2.75, 3.05) is 4.72 Å². The third-order valence-corrected chi connectivity index (χ3v) is 8.68. The summed E-state index contributed by atoms with van der Waals surface area (Å²) in [5.41, 5.74) is 0.0252. The number of carbonyl (C=O) groups excluding carboxylic acids is 1. The minimum absolute atomic E-state index is 0. The predicted molar refractivity (Wildman–Crippen MR) is 152 cm³/mol. The molecule has 2 N–H and O–H groups in total. The Hall–Kier alpha value is -1.86. The second-order valence-electron chi connectivity index (χ2n) is 10.4. The molecule has 0 saturated carbocycles. The Balaban J connectivity index is 0.00000337. The number of benzene rings is 2. The number of aliphatic hydroxyl groups excluding tert-OH is 1. The number of halogens is 3. The molecule has 0 aliphatic carbocycles. The molecule has 0 unspecified atom stereocenters. The molecule has 3 aromatic rings. The Morgan fingerprint density at radius 2 is 1.73 bits per heavy atom. The average Bonchev–Trinajstić information content (AvgIpc) is 2.94. The van der Waals surface area contributed by atoms with Crippen molar-refractivity contribution in [3.8, 4) is 0 Å². The van der Waals surface area contributed by atoms with Crippen molar-refractivity contribution in [2.24, 2.45) is 0 Å². The fraction of sp³-hybridized carbons (Fsp3) is 0.355. The van der Waals surface area contributed by atoms with Crippen LogP contribution in [-0.2, 0) is 32.2 Å². The van der Waals surface area contributed by atoms with Crippen LogP contribution in [0.1, 0.15) is 68.6 Å². The van der Waals surface area contributed by atoms with Gasteiger partial charge in [-0.15, -0.1) is 0 Å². The Kier molecular flexibility index (Phi) is 14.0. The Bertz CT molecular complexity index is 1550. The van der Waals surface area contributed by atoms with Crippen LogP contribution in [0.3, 0.4) is 0 Å². The molecule has 44 heavy (non-hydrogen) atoms. The number of nitrogens with zero attached hydrogens (tertiary/aromatic N) is 1. The number of anilines is 1. The zero-order chi connectivity index (χ0) is 30.5. The number of pyridine rings is 1. The van der Waals surface area contributed by atoms with Crippen LogP contribution in [0.2, 0.25) is 0 Å². The number of hydrogen-bond donors (Lipinski definition) is 2. The van der Waals surface area contributed by atoms with E-state index < -0.39 is 44.3 Å². The molecule has 7 nitrogen and oxygen atoms in total. The summed E-state index contributed by atoms with van der Waals surface area (Å²) in [4.78, 5) is 16.9. The molecule has 0 amide bonds. The van der Waals surface area contributed by atoms with E-state index in [1.807, 2.05) is 44.2 Å². The Morgan fingerprint density at radius 1 is 1.02 bits per heavy atom. The van der Waals surface area contributed by atoms with Crippen molar-refractivity contribution in [3.05, 3.63) is 101 Å². The van der Waals surface area contributed by atoms with Crippen LogP contribution in [0.15, 0.2) is 89.3 Å². The van der Waals surface area contributed by atoms with Gasteiger partial charge in [0.15, 0.2) is 5.03 Å². The van der Waals surface area contributed by atoms with Gasteiger partial charge in [0, 0.05) is 24.2 Å². The second-order valence-corrected chi connectivity index (χ2v) is 12.0. The van der Waals surface area contributed by atoms with Crippen LogP contribution >= 0.6 is 0 Å². The van der Waals surface area contributed by atoms with Gasteiger partial charge in [-0.3, -0.25) is 4.72 Å². The molecule has 1 aromatic heterocycles. The molecular formula is C31H33F3N2Na2O5S+2. The van der Waals surface area contributed by atoms with Gasteiger partial charge in [-0.05, 0) is 61.1 Å². The van der Waals surface area contributed by atoms with E-state index in [1.165, 1.54) is 12.1 Å². The van der Waals surface area contributed by atoms with Crippen LogP contribution < -0.4 is 63.8 Å². The summed E-state index contributed by atoms with van der Waals surface area (Å²) in [6.07, 6.45) is -1.00. The van der Waals surface area contributed by atoms with Crippen LogP contribution in [0.5, 0.6) is 0 Å². The maximum absolute atomic E-state index is 13.4.